The van der Waals surface area contributed by atoms with Gasteiger partial charge in [0.25, 0.3) is 5.91 Å². The van der Waals surface area contributed by atoms with Gasteiger partial charge in [-0.05, 0) is 47.1 Å². The highest BCUT2D eigenvalue weighted by atomic mass is 32.1. The summed E-state index contributed by atoms with van der Waals surface area (Å²) in [6, 6.07) is 2.02. The largest absolute Gasteiger partial charge is 0.462 e. The lowest BCUT2D eigenvalue weighted by Gasteiger charge is -2.21. The smallest absolute Gasteiger partial charge is 0.350 e. The second-order valence-corrected chi connectivity index (χ2v) is 8.99. The number of esters is 1. The number of rotatable bonds is 9. The fraction of sp³-hybridized carbons (Fsp3) is 0.522. The fourth-order valence-corrected chi connectivity index (χ4v) is 4.48. The SMILES string of the molecule is CCCCCN(C(=O)c1cc2cnn(C(C)C)c2nc1C)c1nc(C)c(C(=O)OCC)s1. The minimum Gasteiger partial charge on any atom is -0.462 e. The molecule has 0 atom stereocenters. The summed E-state index contributed by atoms with van der Waals surface area (Å²) in [6.45, 7) is 12.4. The van der Waals surface area contributed by atoms with Gasteiger partial charge in [0.1, 0.15) is 4.88 Å². The Balaban J connectivity index is 2.01. The normalized spacial score (nSPS) is 11.3. The summed E-state index contributed by atoms with van der Waals surface area (Å²) in [4.78, 5) is 37.3. The van der Waals surface area contributed by atoms with E-state index in [2.05, 4.69) is 22.0 Å². The van der Waals surface area contributed by atoms with E-state index >= 15 is 0 Å². The van der Waals surface area contributed by atoms with Crippen LogP contribution in [-0.2, 0) is 4.74 Å². The van der Waals surface area contributed by atoms with E-state index in [0.29, 0.717) is 40.1 Å². The highest BCUT2D eigenvalue weighted by Gasteiger charge is 2.26. The molecule has 0 aliphatic heterocycles. The predicted molar refractivity (Wildman–Crippen MR) is 127 cm³/mol. The standard InChI is InChI=1S/C23H31N5O3S/c1-7-9-10-11-27(23-26-16(6)19(32-23)22(30)31-8-2)21(29)18-12-17-13-24-28(14(3)4)20(17)25-15(18)5/h12-14H,7-11H2,1-6H3. The van der Waals surface area contributed by atoms with Crippen LogP contribution in [0.15, 0.2) is 12.3 Å². The number of pyridine rings is 1. The Morgan fingerprint density at radius 2 is 1.91 bits per heavy atom. The molecule has 0 saturated heterocycles. The molecule has 0 spiro atoms. The third-order valence-corrected chi connectivity index (χ3v) is 6.35. The number of thiazole rings is 1. The van der Waals surface area contributed by atoms with Gasteiger partial charge in [0, 0.05) is 18.0 Å². The van der Waals surface area contributed by atoms with Gasteiger partial charge in [-0.1, -0.05) is 31.1 Å². The molecule has 0 saturated carbocycles. The van der Waals surface area contributed by atoms with E-state index in [0.717, 1.165) is 30.3 Å². The van der Waals surface area contributed by atoms with Crippen molar-refractivity contribution in [3.63, 3.8) is 0 Å². The molecule has 32 heavy (non-hydrogen) atoms. The molecule has 0 fully saturated rings. The number of nitrogens with zero attached hydrogens (tertiary/aromatic N) is 5. The van der Waals surface area contributed by atoms with E-state index < -0.39 is 5.97 Å². The van der Waals surface area contributed by atoms with Crippen molar-refractivity contribution in [2.24, 2.45) is 0 Å². The first kappa shape index (κ1) is 23.8. The van der Waals surface area contributed by atoms with Crippen molar-refractivity contribution >= 4 is 39.4 Å². The molecule has 1 amide bonds. The number of hydrogen-bond acceptors (Lipinski definition) is 7. The first-order chi connectivity index (χ1) is 15.3. The second-order valence-electron chi connectivity index (χ2n) is 8.01. The number of carbonyl (C=O) groups is 2. The number of aromatic nitrogens is 4. The Kier molecular flexibility index (Phi) is 7.60. The minimum absolute atomic E-state index is 0.172. The zero-order chi connectivity index (χ0) is 23.4. The summed E-state index contributed by atoms with van der Waals surface area (Å²) in [5, 5.41) is 5.75. The van der Waals surface area contributed by atoms with Gasteiger partial charge in [0.15, 0.2) is 10.8 Å². The van der Waals surface area contributed by atoms with Crippen LogP contribution in [0.4, 0.5) is 5.13 Å². The Labute approximate surface area is 192 Å². The van der Waals surface area contributed by atoms with Crippen LogP contribution in [0.5, 0.6) is 0 Å². The van der Waals surface area contributed by atoms with E-state index in [-0.39, 0.29) is 11.9 Å². The van der Waals surface area contributed by atoms with Crippen molar-refractivity contribution in [1.82, 2.24) is 19.7 Å². The summed E-state index contributed by atoms with van der Waals surface area (Å²) in [5.41, 5.74) is 2.49. The average molecular weight is 458 g/mol. The minimum atomic E-state index is -0.407. The zero-order valence-corrected chi connectivity index (χ0v) is 20.5. The fourth-order valence-electron chi connectivity index (χ4n) is 3.49. The molecule has 0 N–H and O–H groups in total. The van der Waals surface area contributed by atoms with Gasteiger partial charge >= 0.3 is 5.97 Å². The molecule has 3 heterocycles. The molecule has 0 unspecified atom stereocenters. The van der Waals surface area contributed by atoms with Gasteiger partial charge in [-0.25, -0.2) is 19.4 Å². The van der Waals surface area contributed by atoms with Gasteiger partial charge in [0.05, 0.1) is 29.8 Å². The third kappa shape index (κ3) is 4.82. The lowest BCUT2D eigenvalue weighted by molar-refractivity contribution is 0.0531. The molecular formula is C23H31N5O3S. The number of hydrogen-bond donors (Lipinski definition) is 0. The molecule has 0 radical (unpaired) electrons. The molecule has 0 aliphatic carbocycles. The maximum absolute atomic E-state index is 13.7. The summed E-state index contributed by atoms with van der Waals surface area (Å²) < 4.78 is 7.00. The number of carbonyl (C=O) groups excluding carboxylic acids is 2. The van der Waals surface area contributed by atoms with Crippen molar-refractivity contribution in [3.8, 4) is 0 Å². The Morgan fingerprint density at radius 3 is 2.56 bits per heavy atom. The third-order valence-electron chi connectivity index (χ3n) is 5.19. The second kappa shape index (κ2) is 10.2. The van der Waals surface area contributed by atoms with Crippen LogP contribution >= 0.6 is 11.3 Å². The van der Waals surface area contributed by atoms with Crippen molar-refractivity contribution in [2.75, 3.05) is 18.1 Å². The number of aryl methyl sites for hydroxylation is 2. The lowest BCUT2D eigenvalue weighted by atomic mass is 10.1. The first-order valence-corrected chi connectivity index (χ1v) is 11.9. The number of anilines is 1. The van der Waals surface area contributed by atoms with Gasteiger partial charge in [-0.2, -0.15) is 5.10 Å². The number of ether oxygens (including phenoxy) is 1. The average Bonchev–Trinajstić information content (AvgIpc) is 3.33. The van der Waals surface area contributed by atoms with E-state index in [9.17, 15) is 9.59 Å². The maximum Gasteiger partial charge on any atom is 0.350 e. The van der Waals surface area contributed by atoms with E-state index in [1.807, 2.05) is 31.5 Å². The quantitative estimate of drug-likeness (QED) is 0.328. The maximum atomic E-state index is 13.7. The number of amides is 1. The van der Waals surface area contributed by atoms with Crippen molar-refractivity contribution < 1.29 is 14.3 Å². The summed E-state index contributed by atoms with van der Waals surface area (Å²) >= 11 is 1.20. The number of unbranched alkanes of at least 4 members (excludes halogenated alkanes) is 2. The highest BCUT2D eigenvalue weighted by Crippen LogP contribution is 2.29. The van der Waals surface area contributed by atoms with Gasteiger partial charge < -0.3 is 4.74 Å². The van der Waals surface area contributed by atoms with Crippen LogP contribution in [0.1, 0.15) is 84.4 Å². The van der Waals surface area contributed by atoms with Crippen LogP contribution in [0.2, 0.25) is 0 Å². The van der Waals surface area contributed by atoms with Gasteiger partial charge in [-0.15, -0.1) is 0 Å². The lowest BCUT2D eigenvalue weighted by Crippen LogP contribution is -2.32. The molecule has 3 aromatic rings. The Morgan fingerprint density at radius 1 is 1.16 bits per heavy atom. The topological polar surface area (TPSA) is 90.2 Å². The van der Waals surface area contributed by atoms with Crippen molar-refractivity contribution in [1.29, 1.82) is 0 Å². The monoisotopic (exact) mass is 457 g/mol. The van der Waals surface area contributed by atoms with E-state index in [4.69, 9.17) is 4.74 Å². The number of fused-ring (bicyclic) bond motifs is 1. The molecule has 8 nitrogen and oxygen atoms in total. The molecule has 3 aromatic heterocycles. The summed E-state index contributed by atoms with van der Waals surface area (Å²) in [6.07, 6.45) is 4.62. The molecule has 0 bridgehead atoms. The van der Waals surface area contributed by atoms with Crippen LogP contribution in [-0.4, -0.2) is 44.8 Å². The van der Waals surface area contributed by atoms with Crippen molar-refractivity contribution in [2.45, 2.75) is 66.8 Å². The van der Waals surface area contributed by atoms with Gasteiger partial charge in [0.2, 0.25) is 0 Å². The van der Waals surface area contributed by atoms with Crippen LogP contribution in [0.3, 0.4) is 0 Å². The van der Waals surface area contributed by atoms with Crippen LogP contribution in [0.25, 0.3) is 11.0 Å². The molecule has 172 valence electrons. The van der Waals surface area contributed by atoms with E-state index in [1.165, 1.54) is 11.3 Å². The molecule has 0 aromatic carbocycles. The summed E-state index contributed by atoms with van der Waals surface area (Å²) in [5.74, 6) is -0.579. The molecule has 9 heteroatoms. The van der Waals surface area contributed by atoms with Crippen LogP contribution < -0.4 is 4.90 Å². The van der Waals surface area contributed by atoms with Crippen LogP contribution in [0, 0.1) is 13.8 Å². The Bertz CT molecular complexity index is 1120. The zero-order valence-electron chi connectivity index (χ0n) is 19.6. The first-order valence-electron chi connectivity index (χ1n) is 11.1. The van der Waals surface area contributed by atoms with Crippen molar-refractivity contribution in [3.05, 3.63) is 34.1 Å². The van der Waals surface area contributed by atoms with Gasteiger partial charge in [-0.3, -0.25) is 9.69 Å². The Hall–Kier alpha value is -2.81. The highest BCUT2D eigenvalue weighted by molar-refractivity contribution is 7.17. The molecule has 3 rings (SSSR count). The predicted octanol–water partition coefficient (Wildman–Crippen LogP) is 5.10. The summed E-state index contributed by atoms with van der Waals surface area (Å²) in [7, 11) is 0. The van der Waals surface area contributed by atoms with E-state index in [1.54, 1.807) is 24.9 Å². The molecular weight excluding hydrogens is 426 g/mol. The molecule has 0 aliphatic rings.